The van der Waals surface area contributed by atoms with Gasteiger partial charge < -0.3 is 14.4 Å². The quantitative estimate of drug-likeness (QED) is 0.768. The van der Waals surface area contributed by atoms with Gasteiger partial charge in [-0.1, -0.05) is 0 Å². The molecule has 1 aromatic carbocycles. The number of carbonyl (C=O) groups excluding carboxylic acids is 1. The molecule has 3 heterocycles. The summed E-state index contributed by atoms with van der Waals surface area (Å²) in [5, 5.41) is 0.231. The number of Topliss-reactive ketones (excluding diaryl/α,β-unsaturated/α-hetero) is 1. The van der Waals surface area contributed by atoms with Crippen molar-refractivity contribution in [1.82, 2.24) is 9.97 Å². The molecule has 0 saturated carbocycles. The number of rotatable bonds is 2. The highest BCUT2D eigenvalue weighted by molar-refractivity contribution is 6.28. The van der Waals surface area contributed by atoms with Crippen molar-refractivity contribution in [3.63, 3.8) is 0 Å². The number of aryl methyl sites for hydroxylation is 1. The number of ketones is 1. The van der Waals surface area contributed by atoms with Crippen LogP contribution in [0.25, 0.3) is 0 Å². The molecule has 1 saturated heterocycles. The molecular formula is C18H18ClN3O3. The number of hydrogen-bond acceptors (Lipinski definition) is 6. The molecule has 25 heavy (non-hydrogen) atoms. The van der Waals surface area contributed by atoms with Gasteiger partial charge in [-0.2, -0.15) is 0 Å². The summed E-state index contributed by atoms with van der Waals surface area (Å²) in [4.78, 5) is 23.2. The summed E-state index contributed by atoms with van der Waals surface area (Å²) < 4.78 is 11.5. The van der Waals surface area contributed by atoms with Crippen LogP contribution in [0.4, 0.5) is 5.82 Å². The van der Waals surface area contributed by atoms with Crippen molar-refractivity contribution in [3.8, 4) is 11.5 Å². The number of fused-ring (bicyclic) bond motifs is 1. The minimum absolute atomic E-state index is 0.0823. The standard InChI is InChI=1S/C18H18ClN3O3/c1-11-7-16(21-17(19)20-11)22-6-5-18(10-22)9-14(23)13-8-12(24-2)3-4-15(13)25-18/h3-4,7-8H,5-6,9-10H2,1-2H3. The fourth-order valence-corrected chi connectivity index (χ4v) is 3.77. The number of methoxy groups -OCH3 is 1. The van der Waals surface area contributed by atoms with Gasteiger partial charge >= 0.3 is 0 Å². The van der Waals surface area contributed by atoms with E-state index in [1.54, 1.807) is 19.2 Å². The normalized spacial score (nSPS) is 22.0. The highest BCUT2D eigenvalue weighted by atomic mass is 35.5. The molecule has 0 bridgehead atoms. The van der Waals surface area contributed by atoms with E-state index in [2.05, 4.69) is 14.9 Å². The Morgan fingerprint density at radius 1 is 1.32 bits per heavy atom. The maximum absolute atomic E-state index is 12.7. The third kappa shape index (κ3) is 2.91. The molecule has 0 N–H and O–H groups in total. The van der Waals surface area contributed by atoms with Crippen LogP contribution in [0.15, 0.2) is 24.3 Å². The van der Waals surface area contributed by atoms with Gasteiger partial charge in [-0.3, -0.25) is 4.79 Å². The summed E-state index contributed by atoms with van der Waals surface area (Å²) in [5.41, 5.74) is 0.877. The molecule has 130 valence electrons. The van der Waals surface area contributed by atoms with Gasteiger partial charge in [0.05, 0.1) is 25.6 Å². The summed E-state index contributed by atoms with van der Waals surface area (Å²) in [6.07, 6.45) is 1.10. The van der Waals surface area contributed by atoms with E-state index >= 15 is 0 Å². The first-order chi connectivity index (χ1) is 12.0. The van der Waals surface area contributed by atoms with Crippen LogP contribution < -0.4 is 14.4 Å². The Morgan fingerprint density at radius 3 is 2.92 bits per heavy atom. The SMILES string of the molecule is COc1ccc2c(c1)C(=O)CC1(CCN(c3cc(C)nc(Cl)n3)C1)O2. The van der Waals surface area contributed by atoms with Gasteiger partial charge in [-0.05, 0) is 36.7 Å². The highest BCUT2D eigenvalue weighted by Crippen LogP contribution is 2.40. The first kappa shape index (κ1) is 16.1. The van der Waals surface area contributed by atoms with Crippen molar-refractivity contribution in [2.45, 2.75) is 25.4 Å². The smallest absolute Gasteiger partial charge is 0.224 e. The van der Waals surface area contributed by atoms with Gasteiger partial charge in [0.2, 0.25) is 5.28 Å². The van der Waals surface area contributed by atoms with Crippen molar-refractivity contribution in [3.05, 3.63) is 40.8 Å². The third-order valence-electron chi connectivity index (χ3n) is 4.75. The fraction of sp³-hybridized carbons (Fsp3) is 0.389. The predicted molar refractivity (Wildman–Crippen MR) is 93.9 cm³/mol. The molecule has 1 aromatic heterocycles. The molecule has 0 aliphatic carbocycles. The zero-order valence-electron chi connectivity index (χ0n) is 14.1. The molecular weight excluding hydrogens is 342 g/mol. The Bertz CT molecular complexity index is 837. The van der Waals surface area contributed by atoms with Gasteiger partial charge in [0.15, 0.2) is 5.78 Å². The molecule has 1 unspecified atom stereocenters. The number of benzene rings is 1. The molecule has 2 aliphatic heterocycles. The molecule has 0 amide bonds. The predicted octanol–water partition coefficient (Wildman–Crippen LogP) is 3.06. The number of hydrogen-bond donors (Lipinski definition) is 0. The number of carbonyl (C=O) groups is 1. The lowest BCUT2D eigenvalue weighted by Gasteiger charge is -2.34. The van der Waals surface area contributed by atoms with Crippen molar-refractivity contribution in [2.24, 2.45) is 0 Å². The Kier molecular flexibility index (Phi) is 3.80. The average Bonchev–Trinajstić information content (AvgIpc) is 2.97. The zero-order valence-corrected chi connectivity index (χ0v) is 14.8. The highest BCUT2D eigenvalue weighted by Gasteiger charge is 2.46. The van der Waals surface area contributed by atoms with Crippen molar-refractivity contribution in [1.29, 1.82) is 0 Å². The number of ether oxygens (including phenoxy) is 2. The maximum atomic E-state index is 12.7. The van der Waals surface area contributed by atoms with E-state index in [1.807, 2.05) is 19.1 Å². The van der Waals surface area contributed by atoms with Gasteiger partial charge in [-0.25, -0.2) is 9.97 Å². The van der Waals surface area contributed by atoms with Crippen molar-refractivity contribution < 1.29 is 14.3 Å². The molecule has 6 nitrogen and oxygen atoms in total. The van der Waals surface area contributed by atoms with E-state index in [9.17, 15) is 4.79 Å². The van der Waals surface area contributed by atoms with E-state index < -0.39 is 5.60 Å². The summed E-state index contributed by atoms with van der Waals surface area (Å²) in [6, 6.07) is 7.26. The third-order valence-corrected chi connectivity index (χ3v) is 4.92. The number of anilines is 1. The largest absolute Gasteiger partial charge is 0.497 e. The summed E-state index contributed by atoms with van der Waals surface area (Å²) in [5.74, 6) is 2.13. The number of nitrogens with zero attached hydrogens (tertiary/aromatic N) is 3. The van der Waals surface area contributed by atoms with Crippen molar-refractivity contribution in [2.75, 3.05) is 25.1 Å². The number of aromatic nitrogens is 2. The van der Waals surface area contributed by atoms with Gasteiger partial charge in [-0.15, -0.1) is 0 Å². The van der Waals surface area contributed by atoms with Crippen LogP contribution in [0, 0.1) is 6.92 Å². The first-order valence-electron chi connectivity index (χ1n) is 8.14. The van der Waals surface area contributed by atoms with Gasteiger partial charge in [0.1, 0.15) is 22.9 Å². The van der Waals surface area contributed by atoms with E-state index in [0.29, 0.717) is 30.0 Å². The van der Waals surface area contributed by atoms with Crippen LogP contribution in [-0.4, -0.2) is 41.6 Å². The lowest BCUT2D eigenvalue weighted by Crippen LogP contribution is -2.44. The summed E-state index contributed by atoms with van der Waals surface area (Å²) in [6.45, 7) is 3.23. The van der Waals surface area contributed by atoms with Crippen LogP contribution >= 0.6 is 11.6 Å². The van der Waals surface area contributed by atoms with Gasteiger partial charge in [0.25, 0.3) is 0 Å². The van der Waals surface area contributed by atoms with E-state index in [-0.39, 0.29) is 11.1 Å². The Hall–Kier alpha value is -2.34. The topological polar surface area (TPSA) is 64.5 Å². The first-order valence-corrected chi connectivity index (χ1v) is 8.52. The zero-order chi connectivity index (χ0) is 17.6. The molecule has 1 fully saturated rings. The lowest BCUT2D eigenvalue weighted by atomic mass is 9.89. The van der Waals surface area contributed by atoms with Gasteiger partial charge in [0, 0.05) is 24.7 Å². The maximum Gasteiger partial charge on any atom is 0.224 e. The minimum atomic E-state index is -0.524. The van der Waals surface area contributed by atoms with E-state index in [0.717, 1.165) is 24.5 Å². The van der Waals surface area contributed by atoms with Crippen LogP contribution in [-0.2, 0) is 0 Å². The Morgan fingerprint density at radius 2 is 2.16 bits per heavy atom. The molecule has 0 radical (unpaired) electrons. The average molecular weight is 360 g/mol. The van der Waals surface area contributed by atoms with E-state index in [4.69, 9.17) is 21.1 Å². The molecule has 2 aromatic rings. The fourth-order valence-electron chi connectivity index (χ4n) is 3.55. The number of halogens is 1. The van der Waals surface area contributed by atoms with Crippen molar-refractivity contribution >= 4 is 23.2 Å². The second-order valence-electron chi connectivity index (χ2n) is 6.56. The van der Waals surface area contributed by atoms with Crippen LogP contribution in [0.1, 0.15) is 28.9 Å². The second kappa shape index (κ2) is 5.88. The van der Waals surface area contributed by atoms with E-state index in [1.165, 1.54) is 0 Å². The monoisotopic (exact) mass is 359 g/mol. The van der Waals surface area contributed by atoms with Crippen LogP contribution in [0.5, 0.6) is 11.5 Å². The molecule has 2 aliphatic rings. The summed E-state index contributed by atoms with van der Waals surface area (Å²) >= 11 is 5.98. The van der Waals surface area contributed by atoms with Crippen LogP contribution in [0.2, 0.25) is 5.28 Å². The second-order valence-corrected chi connectivity index (χ2v) is 6.89. The Balaban J connectivity index is 1.61. The summed E-state index contributed by atoms with van der Waals surface area (Å²) in [7, 11) is 1.58. The Labute approximate surface area is 150 Å². The minimum Gasteiger partial charge on any atom is -0.497 e. The lowest BCUT2D eigenvalue weighted by molar-refractivity contribution is 0.0537. The molecule has 7 heteroatoms. The molecule has 1 spiro atoms. The van der Waals surface area contributed by atoms with Crippen LogP contribution in [0.3, 0.4) is 0 Å². The molecule has 4 rings (SSSR count). The molecule has 1 atom stereocenters.